The number of hydrogen-bond donors (Lipinski definition) is 2. The zero-order valence-corrected chi connectivity index (χ0v) is 20.7. The summed E-state index contributed by atoms with van der Waals surface area (Å²) in [6, 6.07) is 5.82. The molecule has 0 aliphatic carbocycles. The second kappa shape index (κ2) is 13.4. The van der Waals surface area contributed by atoms with Crippen molar-refractivity contribution in [1.82, 2.24) is 15.6 Å². The number of thiazole rings is 1. The minimum atomic E-state index is -0.343. The molecule has 0 spiro atoms. The number of guanidine groups is 1. The number of nitrogens with zero attached hydrogens (tertiary/aromatic N) is 2. The van der Waals surface area contributed by atoms with E-state index in [1.165, 1.54) is 23.5 Å². The molecule has 10 heteroatoms. The fourth-order valence-corrected chi connectivity index (χ4v) is 3.41. The molecule has 0 aliphatic heterocycles. The lowest BCUT2D eigenvalue weighted by Crippen LogP contribution is -2.39. The van der Waals surface area contributed by atoms with Gasteiger partial charge in [0.05, 0.1) is 24.9 Å². The van der Waals surface area contributed by atoms with Crippen molar-refractivity contribution < 1.29 is 18.7 Å². The van der Waals surface area contributed by atoms with E-state index in [2.05, 4.69) is 20.6 Å². The topological polar surface area (TPSA) is 84.8 Å². The summed E-state index contributed by atoms with van der Waals surface area (Å²) in [5, 5.41) is 7.26. The Morgan fingerprint density at radius 3 is 2.67 bits per heavy atom. The van der Waals surface area contributed by atoms with Gasteiger partial charge in [0.15, 0.2) is 5.96 Å². The maximum absolute atomic E-state index is 12.9. The molecule has 1 aromatic carbocycles. The van der Waals surface area contributed by atoms with Gasteiger partial charge in [0.2, 0.25) is 0 Å². The predicted molar refractivity (Wildman–Crippen MR) is 128 cm³/mol. The average molecular weight is 550 g/mol. The maximum Gasteiger partial charge on any atom is 0.350 e. The van der Waals surface area contributed by atoms with E-state index in [0.717, 1.165) is 11.4 Å². The van der Waals surface area contributed by atoms with Gasteiger partial charge in [-0.2, -0.15) is 0 Å². The van der Waals surface area contributed by atoms with Crippen LogP contribution in [0.1, 0.15) is 46.7 Å². The van der Waals surface area contributed by atoms with E-state index in [0.29, 0.717) is 42.0 Å². The van der Waals surface area contributed by atoms with Crippen molar-refractivity contribution in [3.8, 4) is 5.75 Å². The summed E-state index contributed by atoms with van der Waals surface area (Å²) in [7, 11) is 1.69. The van der Waals surface area contributed by atoms with E-state index in [-0.39, 0.29) is 41.8 Å². The minimum absolute atomic E-state index is 0. The molecule has 2 N–H and O–H groups in total. The van der Waals surface area contributed by atoms with Gasteiger partial charge < -0.3 is 20.1 Å². The van der Waals surface area contributed by atoms with Gasteiger partial charge in [-0.25, -0.2) is 14.2 Å². The molecule has 0 bridgehead atoms. The molecule has 0 aliphatic rings. The molecule has 166 valence electrons. The van der Waals surface area contributed by atoms with Crippen molar-refractivity contribution in [3.63, 3.8) is 0 Å². The summed E-state index contributed by atoms with van der Waals surface area (Å²) in [6.45, 7) is 7.02. The van der Waals surface area contributed by atoms with E-state index < -0.39 is 0 Å². The standard InChI is InChI=1S/C20H27FN4O3S.HI/c1-5-27-19(26)17-13(2)24-18(29-17)14(3)25-20(22-4)23-11-6-12-28-16-9-7-15(21)8-10-16;/h7-10,14H,5-6,11-12H2,1-4H3,(H2,22,23,25);1H. The SMILES string of the molecule is CCOC(=O)c1sc(C(C)NC(=NC)NCCCOc2ccc(F)cc2)nc1C.I. The van der Waals surface area contributed by atoms with Crippen LogP contribution in [0.5, 0.6) is 5.75 Å². The number of carbonyl (C=O) groups excluding carboxylic acids is 1. The molecule has 0 saturated carbocycles. The second-order valence-electron chi connectivity index (χ2n) is 6.21. The van der Waals surface area contributed by atoms with Crippen LogP contribution in [-0.4, -0.2) is 43.7 Å². The van der Waals surface area contributed by atoms with Gasteiger partial charge in [-0.15, -0.1) is 35.3 Å². The number of aliphatic imine (C=N–C) groups is 1. The van der Waals surface area contributed by atoms with E-state index in [9.17, 15) is 9.18 Å². The lowest BCUT2D eigenvalue weighted by molar-refractivity contribution is 0.0531. The van der Waals surface area contributed by atoms with Crippen LogP contribution in [0.4, 0.5) is 4.39 Å². The largest absolute Gasteiger partial charge is 0.494 e. The van der Waals surface area contributed by atoms with E-state index in [1.54, 1.807) is 33.0 Å². The Hall–Kier alpha value is -1.95. The van der Waals surface area contributed by atoms with E-state index in [4.69, 9.17) is 9.47 Å². The molecule has 0 radical (unpaired) electrons. The monoisotopic (exact) mass is 550 g/mol. The number of hydrogen-bond acceptors (Lipinski definition) is 6. The third-order valence-electron chi connectivity index (χ3n) is 3.92. The fraction of sp³-hybridized carbons (Fsp3) is 0.450. The van der Waals surface area contributed by atoms with Gasteiger partial charge in [0.1, 0.15) is 21.5 Å². The molecular formula is C20H28FIN4O3S. The third kappa shape index (κ3) is 8.05. The lowest BCUT2D eigenvalue weighted by Gasteiger charge is -2.16. The van der Waals surface area contributed by atoms with Gasteiger partial charge in [-0.3, -0.25) is 4.99 Å². The Kier molecular flexibility index (Phi) is 11.6. The zero-order valence-electron chi connectivity index (χ0n) is 17.5. The summed E-state index contributed by atoms with van der Waals surface area (Å²) < 4.78 is 23.5. The summed E-state index contributed by atoms with van der Waals surface area (Å²) >= 11 is 1.32. The maximum atomic E-state index is 12.9. The molecule has 30 heavy (non-hydrogen) atoms. The van der Waals surface area contributed by atoms with Crippen LogP contribution in [0.25, 0.3) is 0 Å². The van der Waals surface area contributed by atoms with E-state index in [1.807, 2.05) is 6.92 Å². The first-order valence-corrected chi connectivity index (χ1v) is 10.3. The molecule has 1 aromatic heterocycles. The van der Waals surface area contributed by atoms with Gasteiger partial charge in [0.25, 0.3) is 0 Å². The van der Waals surface area contributed by atoms with Crippen molar-refractivity contribution in [2.24, 2.45) is 4.99 Å². The number of benzene rings is 1. The first kappa shape index (κ1) is 26.1. The smallest absolute Gasteiger partial charge is 0.350 e. The highest BCUT2D eigenvalue weighted by atomic mass is 127. The summed E-state index contributed by atoms with van der Waals surface area (Å²) in [4.78, 5) is 21.2. The minimum Gasteiger partial charge on any atom is -0.494 e. The van der Waals surface area contributed by atoms with Gasteiger partial charge in [-0.1, -0.05) is 0 Å². The number of rotatable bonds is 9. The number of carbonyl (C=O) groups is 1. The van der Waals surface area contributed by atoms with Gasteiger partial charge in [0, 0.05) is 13.6 Å². The Morgan fingerprint density at radius 1 is 1.33 bits per heavy atom. The van der Waals surface area contributed by atoms with Gasteiger partial charge in [-0.05, 0) is 51.5 Å². The quantitative estimate of drug-likeness (QED) is 0.161. The van der Waals surface area contributed by atoms with Crippen molar-refractivity contribution in [2.75, 3.05) is 26.8 Å². The molecule has 7 nitrogen and oxygen atoms in total. The first-order valence-electron chi connectivity index (χ1n) is 9.44. The van der Waals surface area contributed by atoms with Crippen LogP contribution in [0.15, 0.2) is 29.3 Å². The number of ether oxygens (including phenoxy) is 2. The third-order valence-corrected chi connectivity index (χ3v) is 5.24. The van der Waals surface area contributed by atoms with Crippen molar-refractivity contribution >= 4 is 47.2 Å². The van der Waals surface area contributed by atoms with Crippen LogP contribution in [-0.2, 0) is 4.74 Å². The van der Waals surface area contributed by atoms with Crippen LogP contribution in [0, 0.1) is 12.7 Å². The molecule has 0 saturated heterocycles. The summed E-state index contributed by atoms with van der Waals surface area (Å²) in [5.41, 5.74) is 0.665. The highest BCUT2D eigenvalue weighted by Crippen LogP contribution is 2.24. The number of halogens is 2. The Bertz CT molecular complexity index is 830. The number of aryl methyl sites for hydroxylation is 1. The number of nitrogens with one attached hydrogen (secondary N) is 2. The highest BCUT2D eigenvalue weighted by Gasteiger charge is 2.20. The predicted octanol–water partition coefficient (Wildman–Crippen LogP) is 4.08. The Labute approximate surface area is 197 Å². The fourth-order valence-electron chi connectivity index (χ4n) is 2.45. The van der Waals surface area contributed by atoms with E-state index >= 15 is 0 Å². The molecule has 2 aromatic rings. The molecule has 2 rings (SSSR count). The van der Waals surface area contributed by atoms with Crippen LogP contribution in [0.2, 0.25) is 0 Å². The Morgan fingerprint density at radius 2 is 2.03 bits per heavy atom. The Balaban J connectivity index is 0.00000450. The molecule has 1 heterocycles. The van der Waals surface area contributed by atoms with Crippen LogP contribution in [0.3, 0.4) is 0 Å². The van der Waals surface area contributed by atoms with Crippen molar-refractivity contribution in [3.05, 3.63) is 45.7 Å². The first-order chi connectivity index (χ1) is 13.9. The number of esters is 1. The molecule has 1 unspecified atom stereocenters. The van der Waals surface area contributed by atoms with Gasteiger partial charge >= 0.3 is 5.97 Å². The van der Waals surface area contributed by atoms with Crippen molar-refractivity contribution in [1.29, 1.82) is 0 Å². The lowest BCUT2D eigenvalue weighted by atomic mass is 10.3. The normalized spacial score (nSPS) is 12.0. The second-order valence-corrected chi connectivity index (χ2v) is 7.24. The average Bonchev–Trinajstić information content (AvgIpc) is 3.10. The van der Waals surface area contributed by atoms with Crippen LogP contribution < -0.4 is 15.4 Å². The van der Waals surface area contributed by atoms with Crippen LogP contribution >= 0.6 is 35.3 Å². The summed E-state index contributed by atoms with van der Waals surface area (Å²) in [6.07, 6.45) is 0.746. The highest BCUT2D eigenvalue weighted by molar-refractivity contribution is 14.0. The number of aromatic nitrogens is 1. The molecule has 0 fully saturated rings. The summed E-state index contributed by atoms with van der Waals surface area (Å²) in [5.74, 6) is 0.640. The molecule has 0 amide bonds. The molecule has 1 atom stereocenters. The molecular weight excluding hydrogens is 522 g/mol. The zero-order chi connectivity index (χ0) is 21.2. The van der Waals surface area contributed by atoms with Crippen molar-refractivity contribution in [2.45, 2.75) is 33.2 Å².